The quantitative estimate of drug-likeness (QED) is 0.416. The number of nitrogens with zero attached hydrogens (tertiary/aromatic N) is 2. The molecular formula is C19H15N3OS. The van der Waals surface area contributed by atoms with Crippen LogP contribution in [0.1, 0.15) is 5.56 Å². The van der Waals surface area contributed by atoms with E-state index in [1.165, 1.54) is 11.3 Å². The van der Waals surface area contributed by atoms with Gasteiger partial charge in [0.1, 0.15) is 12.4 Å². The van der Waals surface area contributed by atoms with Crippen LogP contribution in [-0.2, 0) is 0 Å². The highest BCUT2D eigenvalue weighted by Crippen LogP contribution is 2.24. The fourth-order valence-corrected chi connectivity index (χ4v) is 2.67. The van der Waals surface area contributed by atoms with Gasteiger partial charge in [0.05, 0.1) is 11.9 Å². The van der Waals surface area contributed by atoms with Gasteiger partial charge in [0.2, 0.25) is 5.13 Å². The van der Waals surface area contributed by atoms with Crippen molar-refractivity contribution >= 4 is 22.7 Å². The van der Waals surface area contributed by atoms with Gasteiger partial charge < -0.3 is 4.74 Å². The highest BCUT2D eigenvalue weighted by molar-refractivity contribution is 7.14. The zero-order valence-electron chi connectivity index (χ0n) is 12.8. The molecule has 0 amide bonds. The van der Waals surface area contributed by atoms with Gasteiger partial charge >= 0.3 is 0 Å². The van der Waals surface area contributed by atoms with E-state index in [4.69, 9.17) is 11.2 Å². The van der Waals surface area contributed by atoms with E-state index in [-0.39, 0.29) is 6.61 Å². The first-order valence-corrected chi connectivity index (χ1v) is 8.19. The van der Waals surface area contributed by atoms with Gasteiger partial charge in [-0.15, -0.1) is 17.8 Å². The lowest BCUT2D eigenvalue weighted by atomic mass is 10.2. The van der Waals surface area contributed by atoms with Gasteiger partial charge in [-0.3, -0.25) is 5.43 Å². The first kappa shape index (κ1) is 15.8. The Labute approximate surface area is 144 Å². The maximum Gasteiger partial charge on any atom is 0.203 e. The van der Waals surface area contributed by atoms with Crippen molar-refractivity contribution in [3.05, 3.63) is 65.5 Å². The Morgan fingerprint density at radius 2 is 1.96 bits per heavy atom. The molecule has 5 heteroatoms. The summed E-state index contributed by atoms with van der Waals surface area (Å²) in [6.07, 6.45) is 6.89. The van der Waals surface area contributed by atoms with E-state index < -0.39 is 0 Å². The number of thiazole rings is 1. The third-order valence-corrected chi connectivity index (χ3v) is 3.90. The summed E-state index contributed by atoms with van der Waals surface area (Å²) in [7, 11) is 0. The normalized spacial score (nSPS) is 10.5. The van der Waals surface area contributed by atoms with Gasteiger partial charge in [-0.2, -0.15) is 5.10 Å². The number of hydrazone groups is 1. The molecule has 1 heterocycles. The fraction of sp³-hybridized carbons (Fsp3) is 0.0526. The largest absolute Gasteiger partial charge is 0.481 e. The van der Waals surface area contributed by atoms with Gasteiger partial charge in [0, 0.05) is 10.9 Å². The molecule has 2 aromatic carbocycles. The van der Waals surface area contributed by atoms with Crippen molar-refractivity contribution in [2.75, 3.05) is 12.0 Å². The van der Waals surface area contributed by atoms with Crippen molar-refractivity contribution in [1.82, 2.24) is 4.98 Å². The predicted molar refractivity (Wildman–Crippen MR) is 99.5 cm³/mol. The summed E-state index contributed by atoms with van der Waals surface area (Å²) >= 11 is 1.52. The second-order valence-electron chi connectivity index (χ2n) is 4.84. The van der Waals surface area contributed by atoms with Crippen molar-refractivity contribution in [1.29, 1.82) is 0 Å². The van der Waals surface area contributed by atoms with Crippen LogP contribution in [-0.4, -0.2) is 17.8 Å². The van der Waals surface area contributed by atoms with Crippen LogP contribution in [0.25, 0.3) is 11.3 Å². The number of nitrogens with one attached hydrogen (secondary N) is 1. The molecule has 3 rings (SSSR count). The highest BCUT2D eigenvalue weighted by atomic mass is 32.1. The fourth-order valence-electron chi connectivity index (χ4n) is 2.00. The summed E-state index contributed by atoms with van der Waals surface area (Å²) in [5.41, 5.74) is 5.93. The Kier molecular flexibility index (Phi) is 5.23. The van der Waals surface area contributed by atoms with E-state index in [1.54, 1.807) is 6.21 Å². The maximum atomic E-state index is 5.32. The van der Waals surface area contributed by atoms with E-state index >= 15 is 0 Å². The molecule has 0 aliphatic rings. The number of rotatable bonds is 6. The van der Waals surface area contributed by atoms with Crippen molar-refractivity contribution in [3.8, 4) is 29.4 Å². The van der Waals surface area contributed by atoms with Crippen molar-refractivity contribution < 1.29 is 4.74 Å². The number of benzene rings is 2. The van der Waals surface area contributed by atoms with Gasteiger partial charge in [-0.25, -0.2) is 4.98 Å². The van der Waals surface area contributed by atoms with Crippen LogP contribution in [0.2, 0.25) is 0 Å². The Morgan fingerprint density at radius 3 is 2.71 bits per heavy atom. The summed E-state index contributed by atoms with van der Waals surface area (Å²) in [4.78, 5) is 4.51. The molecule has 0 bridgehead atoms. The minimum Gasteiger partial charge on any atom is -0.481 e. The van der Waals surface area contributed by atoms with E-state index in [0.29, 0.717) is 0 Å². The zero-order valence-corrected chi connectivity index (χ0v) is 13.7. The third-order valence-electron chi connectivity index (χ3n) is 3.15. The molecule has 0 saturated carbocycles. The second kappa shape index (κ2) is 7.95. The Hall–Kier alpha value is -3.10. The van der Waals surface area contributed by atoms with Gasteiger partial charge in [-0.05, 0) is 29.8 Å². The van der Waals surface area contributed by atoms with Crippen molar-refractivity contribution in [2.45, 2.75) is 0 Å². The zero-order chi connectivity index (χ0) is 16.6. The van der Waals surface area contributed by atoms with E-state index in [0.717, 1.165) is 27.7 Å². The lowest BCUT2D eigenvalue weighted by Gasteiger charge is -2.01. The van der Waals surface area contributed by atoms with E-state index in [1.807, 2.05) is 60.0 Å². The molecular weight excluding hydrogens is 318 g/mol. The van der Waals surface area contributed by atoms with Gasteiger partial charge in [-0.1, -0.05) is 36.3 Å². The molecule has 24 heavy (non-hydrogen) atoms. The van der Waals surface area contributed by atoms with E-state index in [2.05, 4.69) is 21.4 Å². The first-order chi connectivity index (χ1) is 11.8. The summed E-state index contributed by atoms with van der Waals surface area (Å²) in [6, 6.07) is 17.6. The Morgan fingerprint density at radius 1 is 1.17 bits per heavy atom. The minimum absolute atomic E-state index is 0.267. The second-order valence-corrected chi connectivity index (χ2v) is 5.69. The standard InChI is InChI=1S/C19H15N3OS/c1-2-12-23-17-10-8-15(9-11-17)13-20-22-19-21-18(14-24-19)16-6-4-3-5-7-16/h1,3-11,13-14H,12H2,(H,21,22). The first-order valence-electron chi connectivity index (χ1n) is 7.31. The summed E-state index contributed by atoms with van der Waals surface area (Å²) in [5.74, 6) is 3.17. The number of terminal acetylenes is 1. The molecule has 0 radical (unpaired) electrons. The maximum absolute atomic E-state index is 5.32. The predicted octanol–water partition coefficient (Wildman–Crippen LogP) is 4.27. The van der Waals surface area contributed by atoms with Crippen LogP contribution in [0.5, 0.6) is 5.75 Å². The van der Waals surface area contributed by atoms with Crippen LogP contribution in [0.15, 0.2) is 65.1 Å². The van der Waals surface area contributed by atoms with Crippen LogP contribution in [0, 0.1) is 12.3 Å². The lowest BCUT2D eigenvalue weighted by Crippen LogP contribution is -1.94. The minimum atomic E-state index is 0.267. The number of aromatic nitrogens is 1. The summed E-state index contributed by atoms with van der Waals surface area (Å²) in [6.45, 7) is 0.267. The molecule has 0 saturated heterocycles. The molecule has 0 fully saturated rings. The van der Waals surface area contributed by atoms with Crippen LogP contribution in [0.4, 0.5) is 5.13 Å². The number of hydrogen-bond donors (Lipinski definition) is 1. The van der Waals surface area contributed by atoms with Crippen molar-refractivity contribution in [3.63, 3.8) is 0 Å². The molecule has 1 N–H and O–H groups in total. The van der Waals surface area contributed by atoms with Crippen LogP contribution in [0.3, 0.4) is 0 Å². The molecule has 0 aliphatic carbocycles. The molecule has 0 spiro atoms. The average molecular weight is 333 g/mol. The topological polar surface area (TPSA) is 46.5 Å². The average Bonchev–Trinajstić information content (AvgIpc) is 3.11. The van der Waals surface area contributed by atoms with Crippen molar-refractivity contribution in [2.24, 2.45) is 5.10 Å². The van der Waals surface area contributed by atoms with Gasteiger partial charge in [0.15, 0.2) is 0 Å². The summed E-state index contributed by atoms with van der Waals surface area (Å²) in [5, 5.41) is 6.96. The summed E-state index contributed by atoms with van der Waals surface area (Å²) < 4.78 is 5.32. The molecule has 1 aromatic heterocycles. The molecule has 4 nitrogen and oxygen atoms in total. The molecule has 0 unspecified atom stereocenters. The molecule has 0 atom stereocenters. The van der Waals surface area contributed by atoms with Gasteiger partial charge in [0.25, 0.3) is 0 Å². The number of hydrogen-bond acceptors (Lipinski definition) is 5. The Balaban J connectivity index is 1.59. The molecule has 118 valence electrons. The Bertz CT molecular complexity index is 848. The van der Waals surface area contributed by atoms with Crippen LogP contribution < -0.4 is 10.2 Å². The van der Waals surface area contributed by atoms with E-state index in [9.17, 15) is 0 Å². The number of ether oxygens (including phenoxy) is 1. The SMILES string of the molecule is C#CCOc1ccc(C=NNc2nc(-c3ccccc3)cs2)cc1. The number of anilines is 1. The third kappa shape index (κ3) is 4.22. The van der Waals surface area contributed by atoms with Crippen LogP contribution >= 0.6 is 11.3 Å². The molecule has 0 aliphatic heterocycles. The monoisotopic (exact) mass is 333 g/mol. The lowest BCUT2D eigenvalue weighted by molar-refractivity contribution is 0.370. The smallest absolute Gasteiger partial charge is 0.203 e. The highest BCUT2D eigenvalue weighted by Gasteiger charge is 2.02. The molecule has 3 aromatic rings.